The second kappa shape index (κ2) is 7.97. The van der Waals surface area contributed by atoms with Gasteiger partial charge in [-0.05, 0) is 51.1 Å². The molecule has 2 amide bonds. The summed E-state index contributed by atoms with van der Waals surface area (Å²) in [4.78, 5) is 27.9. The molecule has 7 nitrogen and oxygen atoms in total. The van der Waals surface area contributed by atoms with Crippen molar-refractivity contribution in [2.75, 3.05) is 13.1 Å². The summed E-state index contributed by atoms with van der Waals surface area (Å²) in [5.74, 6) is 0.0445. The number of piperidine rings is 1. The van der Waals surface area contributed by atoms with Gasteiger partial charge >= 0.3 is 0 Å². The van der Waals surface area contributed by atoms with Gasteiger partial charge in [-0.2, -0.15) is 5.10 Å². The number of fused-ring (bicyclic) bond motifs is 1. The maximum atomic E-state index is 13.0. The number of rotatable bonds is 5. The van der Waals surface area contributed by atoms with Crippen LogP contribution in [0.3, 0.4) is 0 Å². The van der Waals surface area contributed by atoms with Crippen molar-refractivity contribution >= 4 is 22.7 Å². The van der Waals surface area contributed by atoms with Gasteiger partial charge in [-0.1, -0.05) is 18.2 Å². The number of aromatic nitrogens is 3. The maximum absolute atomic E-state index is 13.0. The van der Waals surface area contributed by atoms with Crippen molar-refractivity contribution in [1.29, 1.82) is 0 Å². The van der Waals surface area contributed by atoms with Crippen LogP contribution >= 0.6 is 0 Å². The predicted octanol–water partition coefficient (Wildman–Crippen LogP) is 2.93. The van der Waals surface area contributed by atoms with E-state index in [1.165, 1.54) is 0 Å². The third-order valence-corrected chi connectivity index (χ3v) is 6.29. The second-order valence-corrected chi connectivity index (χ2v) is 8.58. The van der Waals surface area contributed by atoms with Crippen molar-refractivity contribution in [3.63, 3.8) is 0 Å². The van der Waals surface area contributed by atoms with Crippen LogP contribution in [0.2, 0.25) is 0 Å². The number of H-pyrrole nitrogens is 1. The second-order valence-electron chi connectivity index (χ2n) is 8.58. The SMILES string of the molecule is Cc1n[nH]c(C)c1CNC(=O)[C@]1(C)CCCN(C(=O)Cn2ccc3ccccc32)C1. The van der Waals surface area contributed by atoms with Gasteiger partial charge in [0.15, 0.2) is 0 Å². The zero-order chi connectivity index (χ0) is 21.3. The molecule has 3 aromatic rings. The number of carbonyl (C=O) groups is 2. The van der Waals surface area contributed by atoms with Crippen LogP contribution < -0.4 is 5.32 Å². The van der Waals surface area contributed by atoms with E-state index >= 15 is 0 Å². The first-order chi connectivity index (χ1) is 14.4. The van der Waals surface area contributed by atoms with Crippen LogP contribution in [0, 0.1) is 19.3 Å². The van der Waals surface area contributed by atoms with E-state index in [-0.39, 0.29) is 11.8 Å². The molecule has 30 heavy (non-hydrogen) atoms. The first-order valence-electron chi connectivity index (χ1n) is 10.5. The Hall–Kier alpha value is -3.09. The molecule has 1 aliphatic heterocycles. The number of amides is 2. The molecule has 1 aliphatic rings. The van der Waals surface area contributed by atoms with E-state index < -0.39 is 5.41 Å². The van der Waals surface area contributed by atoms with Crippen molar-refractivity contribution < 1.29 is 9.59 Å². The number of aromatic amines is 1. The quantitative estimate of drug-likeness (QED) is 0.682. The Balaban J connectivity index is 1.41. The minimum absolute atomic E-state index is 0.00795. The number of likely N-dealkylation sites (tertiary alicyclic amines) is 1. The largest absolute Gasteiger partial charge is 0.351 e. The molecule has 3 heterocycles. The van der Waals surface area contributed by atoms with E-state index in [2.05, 4.69) is 15.5 Å². The summed E-state index contributed by atoms with van der Waals surface area (Å²) in [6, 6.07) is 10.1. The van der Waals surface area contributed by atoms with Crippen LogP contribution in [0.1, 0.15) is 36.7 Å². The predicted molar refractivity (Wildman–Crippen MR) is 116 cm³/mol. The van der Waals surface area contributed by atoms with E-state index in [9.17, 15) is 9.59 Å². The number of para-hydroxylation sites is 1. The summed E-state index contributed by atoms with van der Waals surface area (Å²) >= 11 is 0. The van der Waals surface area contributed by atoms with Crippen molar-refractivity contribution in [1.82, 2.24) is 25.0 Å². The fourth-order valence-corrected chi connectivity index (χ4v) is 4.38. The van der Waals surface area contributed by atoms with Crippen LogP contribution in [-0.2, 0) is 22.7 Å². The highest BCUT2D eigenvalue weighted by atomic mass is 16.2. The van der Waals surface area contributed by atoms with E-state index in [1.54, 1.807) is 0 Å². The van der Waals surface area contributed by atoms with Crippen molar-refractivity contribution in [3.05, 3.63) is 53.5 Å². The molecular formula is C23H29N5O2. The van der Waals surface area contributed by atoms with Crippen molar-refractivity contribution in [2.45, 2.75) is 46.7 Å². The average Bonchev–Trinajstić information content (AvgIpc) is 3.29. The zero-order valence-corrected chi connectivity index (χ0v) is 17.9. The molecule has 2 N–H and O–H groups in total. The topological polar surface area (TPSA) is 83.0 Å². The molecule has 0 spiro atoms. The Bertz CT molecular complexity index is 1060. The van der Waals surface area contributed by atoms with E-state index in [4.69, 9.17) is 0 Å². The molecule has 2 aromatic heterocycles. The Labute approximate surface area is 176 Å². The van der Waals surface area contributed by atoms with Gasteiger partial charge < -0.3 is 14.8 Å². The Kier molecular flexibility index (Phi) is 5.37. The van der Waals surface area contributed by atoms with Gasteiger partial charge in [0.2, 0.25) is 11.8 Å². The highest BCUT2D eigenvalue weighted by Gasteiger charge is 2.39. The van der Waals surface area contributed by atoms with Gasteiger partial charge in [0.1, 0.15) is 6.54 Å². The number of hydrogen-bond donors (Lipinski definition) is 2. The molecule has 0 aliphatic carbocycles. The average molecular weight is 408 g/mol. The zero-order valence-electron chi connectivity index (χ0n) is 17.9. The molecular weight excluding hydrogens is 378 g/mol. The van der Waals surface area contributed by atoms with Gasteiger partial charge in [-0.15, -0.1) is 0 Å². The maximum Gasteiger partial charge on any atom is 0.242 e. The summed E-state index contributed by atoms with van der Waals surface area (Å²) in [7, 11) is 0. The summed E-state index contributed by atoms with van der Waals surface area (Å²) in [6.45, 7) is 7.72. The van der Waals surface area contributed by atoms with Gasteiger partial charge in [0, 0.05) is 42.6 Å². The van der Waals surface area contributed by atoms with Gasteiger partial charge in [-0.25, -0.2) is 0 Å². The first kappa shape index (κ1) is 20.2. The Morgan fingerprint density at radius 3 is 2.80 bits per heavy atom. The van der Waals surface area contributed by atoms with Crippen LogP contribution in [-0.4, -0.2) is 44.6 Å². The number of hydrogen-bond acceptors (Lipinski definition) is 3. The fourth-order valence-electron chi connectivity index (χ4n) is 4.38. The molecule has 0 radical (unpaired) electrons. The molecule has 1 saturated heterocycles. The summed E-state index contributed by atoms with van der Waals surface area (Å²) < 4.78 is 1.98. The minimum Gasteiger partial charge on any atom is -0.351 e. The number of carbonyl (C=O) groups excluding carboxylic acids is 2. The van der Waals surface area contributed by atoms with Crippen LogP contribution in [0.4, 0.5) is 0 Å². The standard InChI is InChI=1S/C23H29N5O2/c1-16-19(17(2)26-25-16)13-24-22(30)23(3)10-6-11-28(15-23)21(29)14-27-12-9-18-7-4-5-8-20(18)27/h4-5,7-9,12H,6,10-11,13-15H2,1-3H3,(H,24,30)(H,25,26)/t23-/m1/s1. The first-order valence-corrected chi connectivity index (χ1v) is 10.5. The lowest BCUT2D eigenvalue weighted by molar-refractivity contribution is -0.141. The lowest BCUT2D eigenvalue weighted by Gasteiger charge is -2.39. The number of benzene rings is 1. The van der Waals surface area contributed by atoms with Gasteiger partial charge in [0.05, 0.1) is 11.1 Å². The van der Waals surface area contributed by atoms with E-state index in [0.717, 1.165) is 40.7 Å². The summed E-state index contributed by atoms with van der Waals surface area (Å²) in [6.07, 6.45) is 3.55. The number of nitrogens with zero attached hydrogens (tertiary/aromatic N) is 3. The van der Waals surface area contributed by atoms with Crippen molar-refractivity contribution in [2.24, 2.45) is 5.41 Å². The van der Waals surface area contributed by atoms with Crippen LogP contribution in [0.15, 0.2) is 36.5 Å². The summed E-state index contributed by atoms with van der Waals surface area (Å²) in [5.41, 5.74) is 3.36. The highest BCUT2D eigenvalue weighted by Crippen LogP contribution is 2.30. The van der Waals surface area contributed by atoms with Gasteiger partial charge in [0.25, 0.3) is 0 Å². The number of aryl methyl sites for hydroxylation is 2. The lowest BCUT2D eigenvalue weighted by Crippen LogP contribution is -2.52. The monoisotopic (exact) mass is 407 g/mol. The molecule has 1 aromatic carbocycles. The smallest absolute Gasteiger partial charge is 0.242 e. The third kappa shape index (κ3) is 3.84. The Morgan fingerprint density at radius 1 is 1.23 bits per heavy atom. The molecule has 158 valence electrons. The van der Waals surface area contributed by atoms with Crippen molar-refractivity contribution in [3.8, 4) is 0 Å². The molecule has 1 fully saturated rings. The van der Waals surface area contributed by atoms with E-state index in [1.807, 2.05) is 66.8 Å². The van der Waals surface area contributed by atoms with Gasteiger partial charge in [-0.3, -0.25) is 14.7 Å². The lowest BCUT2D eigenvalue weighted by atomic mass is 9.81. The molecule has 0 bridgehead atoms. The fraction of sp³-hybridized carbons (Fsp3) is 0.435. The molecule has 7 heteroatoms. The van der Waals surface area contributed by atoms with E-state index in [0.29, 0.717) is 26.2 Å². The molecule has 0 saturated carbocycles. The molecule has 0 unspecified atom stereocenters. The van der Waals surface area contributed by atoms with Crippen LogP contribution in [0.25, 0.3) is 10.9 Å². The third-order valence-electron chi connectivity index (χ3n) is 6.29. The number of nitrogens with one attached hydrogen (secondary N) is 2. The highest BCUT2D eigenvalue weighted by molar-refractivity contribution is 5.85. The molecule has 4 rings (SSSR count). The minimum atomic E-state index is -0.585. The van der Waals surface area contributed by atoms with Crippen LogP contribution in [0.5, 0.6) is 0 Å². The normalized spacial score (nSPS) is 19.2. The molecule has 1 atom stereocenters. The Morgan fingerprint density at radius 2 is 2.03 bits per heavy atom. The summed E-state index contributed by atoms with van der Waals surface area (Å²) in [5, 5.41) is 11.3.